The van der Waals surface area contributed by atoms with Crippen LogP contribution in [0.1, 0.15) is 5.56 Å². The Morgan fingerprint density at radius 3 is 2.35 bits per heavy atom. The van der Waals surface area contributed by atoms with Gasteiger partial charge in [-0.15, -0.1) is 0 Å². The van der Waals surface area contributed by atoms with Crippen molar-refractivity contribution in [1.82, 2.24) is 0 Å². The van der Waals surface area contributed by atoms with Gasteiger partial charge >= 0.3 is 0 Å². The molecule has 0 aromatic heterocycles. The first-order valence-electron chi connectivity index (χ1n) is 5.71. The summed E-state index contributed by atoms with van der Waals surface area (Å²) in [6.45, 7) is 0. The van der Waals surface area contributed by atoms with Crippen LogP contribution in [0.5, 0.6) is 0 Å². The van der Waals surface area contributed by atoms with E-state index < -0.39 is 15.8 Å². The van der Waals surface area contributed by atoms with E-state index in [4.69, 9.17) is 5.26 Å². The molecule has 0 saturated carbocycles. The van der Waals surface area contributed by atoms with Crippen LogP contribution in [0.25, 0.3) is 0 Å². The average Bonchev–Trinajstić information content (AvgIpc) is 2.47. The standard InChI is InChI=1S/C14H11FN2O2S/c1-17(13-8-4-3-7-12(13)15)20(18,19)14-9-5-2-6-11(14)10-16/h2-9H,1H3. The van der Waals surface area contributed by atoms with E-state index in [0.717, 1.165) is 4.31 Å². The van der Waals surface area contributed by atoms with Crippen molar-refractivity contribution in [2.45, 2.75) is 4.90 Å². The first-order chi connectivity index (χ1) is 9.48. The number of benzene rings is 2. The Kier molecular flexibility index (Phi) is 3.72. The number of para-hydroxylation sites is 1. The minimum Gasteiger partial charge on any atom is -0.266 e. The summed E-state index contributed by atoms with van der Waals surface area (Å²) >= 11 is 0. The Balaban J connectivity index is 2.57. The molecule has 0 radical (unpaired) electrons. The van der Waals surface area contributed by atoms with Crippen molar-refractivity contribution >= 4 is 15.7 Å². The molecule has 0 bridgehead atoms. The molecule has 0 spiro atoms. The predicted molar refractivity (Wildman–Crippen MR) is 73.1 cm³/mol. The van der Waals surface area contributed by atoms with Crippen LogP contribution in [-0.4, -0.2) is 15.5 Å². The second kappa shape index (κ2) is 5.31. The molecule has 0 fully saturated rings. The SMILES string of the molecule is CN(c1ccccc1F)S(=O)(=O)c1ccccc1C#N. The van der Waals surface area contributed by atoms with Crippen LogP contribution in [0, 0.1) is 17.1 Å². The molecule has 4 nitrogen and oxygen atoms in total. The van der Waals surface area contributed by atoms with Crippen molar-refractivity contribution in [1.29, 1.82) is 5.26 Å². The summed E-state index contributed by atoms with van der Waals surface area (Å²) in [5.74, 6) is -0.645. The maximum atomic E-state index is 13.7. The molecule has 20 heavy (non-hydrogen) atoms. The van der Waals surface area contributed by atoms with Crippen LogP contribution in [0.3, 0.4) is 0 Å². The number of anilines is 1. The zero-order valence-electron chi connectivity index (χ0n) is 10.6. The molecule has 0 aliphatic rings. The molecule has 0 heterocycles. The number of rotatable bonds is 3. The monoisotopic (exact) mass is 290 g/mol. The lowest BCUT2D eigenvalue weighted by molar-refractivity contribution is 0.589. The van der Waals surface area contributed by atoms with E-state index in [1.54, 1.807) is 12.1 Å². The van der Waals surface area contributed by atoms with E-state index in [1.807, 2.05) is 6.07 Å². The highest BCUT2D eigenvalue weighted by molar-refractivity contribution is 7.92. The number of hydrogen-bond donors (Lipinski definition) is 0. The van der Waals surface area contributed by atoms with Crippen LogP contribution in [0.15, 0.2) is 53.4 Å². The zero-order chi connectivity index (χ0) is 14.8. The average molecular weight is 290 g/mol. The molecule has 102 valence electrons. The molecular formula is C14H11FN2O2S. The van der Waals surface area contributed by atoms with Gasteiger partial charge in [0.05, 0.1) is 11.3 Å². The normalized spacial score (nSPS) is 10.8. The Morgan fingerprint density at radius 2 is 1.70 bits per heavy atom. The summed E-state index contributed by atoms with van der Waals surface area (Å²) in [7, 11) is -2.73. The summed E-state index contributed by atoms with van der Waals surface area (Å²) < 4.78 is 39.5. The van der Waals surface area contributed by atoms with E-state index >= 15 is 0 Å². The molecule has 0 N–H and O–H groups in total. The molecular weight excluding hydrogens is 279 g/mol. The molecule has 0 aliphatic carbocycles. The van der Waals surface area contributed by atoms with E-state index in [-0.39, 0.29) is 16.1 Å². The Morgan fingerprint density at radius 1 is 1.10 bits per heavy atom. The number of sulfonamides is 1. The van der Waals surface area contributed by atoms with Gasteiger partial charge in [-0.3, -0.25) is 4.31 Å². The molecule has 2 aromatic rings. The van der Waals surface area contributed by atoms with Crippen LogP contribution >= 0.6 is 0 Å². The summed E-state index contributed by atoms with van der Waals surface area (Å²) in [6.07, 6.45) is 0. The fourth-order valence-electron chi connectivity index (χ4n) is 1.77. The fraction of sp³-hybridized carbons (Fsp3) is 0.0714. The van der Waals surface area contributed by atoms with Crippen LogP contribution < -0.4 is 4.31 Å². The predicted octanol–water partition coefficient (Wildman–Crippen LogP) is 2.52. The topological polar surface area (TPSA) is 61.2 Å². The van der Waals surface area contributed by atoms with E-state index in [1.165, 1.54) is 43.4 Å². The van der Waals surface area contributed by atoms with Crippen molar-refractivity contribution in [3.8, 4) is 6.07 Å². The number of halogens is 1. The third-order valence-corrected chi connectivity index (χ3v) is 4.67. The van der Waals surface area contributed by atoms with Crippen molar-refractivity contribution in [3.63, 3.8) is 0 Å². The van der Waals surface area contributed by atoms with Gasteiger partial charge in [0, 0.05) is 7.05 Å². The first kappa shape index (κ1) is 14.0. The summed E-state index contributed by atoms with van der Waals surface area (Å²) in [5.41, 5.74) is -0.0454. The smallest absolute Gasteiger partial charge is 0.265 e. The minimum absolute atomic E-state index is 0.0238. The molecule has 2 rings (SSSR count). The minimum atomic E-state index is -3.99. The van der Waals surface area contributed by atoms with E-state index in [9.17, 15) is 12.8 Å². The molecule has 6 heteroatoms. The molecule has 0 aliphatic heterocycles. The fourth-order valence-corrected chi connectivity index (χ4v) is 3.11. The summed E-state index contributed by atoms with van der Waals surface area (Å²) in [5, 5.41) is 8.98. The number of hydrogen-bond acceptors (Lipinski definition) is 3. The van der Waals surface area contributed by atoms with Gasteiger partial charge in [0.15, 0.2) is 0 Å². The lowest BCUT2D eigenvalue weighted by Crippen LogP contribution is -2.28. The van der Waals surface area contributed by atoms with Gasteiger partial charge in [-0.25, -0.2) is 12.8 Å². The summed E-state index contributed by atoms with van der Waals surface area (Å²) in [4.78, 5) is -0.145. The number of nitrogens with zero attached hydrogens (tertiary/aromatic N) is 2. The van der Waals surface area contributed by atoms with E-state index in [0.29, 0.717) is 0 Å². The van der Waals surface area contributed by atoms with Crippen LogP contribution in [0.4, 0.5) is 10.1 Å². The quantitative estimate of drug-likeness (QED) is 0.872. The lowest BCUT2D eigenvalue weighted by Gasteiger charge is -2.20. The highest BCUT2D eigenvalue weighted by atomic mass is 32.2. The van der Waals surface area contributed by atoms with Crippen LogP contribution in [0.2, 0.25) is 0 Å². The molecule has 0 unspecified atom stereocenters. The molecule has 0 amide bonds. The highest BCUT2D eigenvalue weighted by Gasteiger charge is 2.25. The largest absolute Gasteiger partial charge is 0.266 e. The molecule has 0 saturated heterocycles. The highest BCUT2D eigenvalue weighted by Crippen LogP contribution is 2.25. The molecule has 0 atom stereocenters. The van der Waals surface area contributed by atoms with Crippen molar-refractivity contribution in [3.05, 3.63) is 59.9 Å². The molecule has 2 aromatic carbocycles. The lowest BCUT2D eigenvalue weighted by atomic mass is 10.2. The van der Waals surface area contributed by atoms with Crippen LogP contribution in [-0.2, 0) is 10.0 Å². The number of nitriles is 1. The van der Waals surface area contributed by atoms with Gasteiger partial charge in [0.2, 0.25) is 0 Å². The second-order valence-corrected chi connectivity index (χ2v) is 5.97. The van der Waals surface area contributed by atoms with Gasteiger partial charge < -0.3 is 0 Å². The Bertz CT molecular complexity index is 782. The Hall–Kier alpha value is -2.39. The van der Waals surface area contributed by atoms with Gasteiger partial charge in [-0.05, 0) is 24.3 Å². The van der Waals surface area contributed by atoms with Crippen molar-refractivity contribution in [2.24, 2.45) is 0 Å². The van der Waals surface area contributed by atoms with Gasteiger partial charge in [0.1, 0.15) is 16.8 Å². The van der Waals surface area contributed by atoms with Gasteiger partial charge in [0.25, 0.3) is 10.0 Å². The van der Waals surface area contributed by atoms with Crippen molar-refractivity contribution in [2.75, 3.05) is 11.4 Å². The maximum absolute atomic E-state index is 13.7. The third-order valence-electron chi connectivity index (χ3n) is 2.84. The third kappa shape index (κ3) is 2.36. The first-order valence-corrected chi connectivity index (χ1v) is 7.15. The summed E-state index contributed by atoms with van der Waals surface area (Å²) in [6, 6.07) is 13.2. The Labute approximate surface area is 116 Å². The van der Waals surface area contributed by atoms with Crippen molar-refractivity contribution < 1.29 is 12.8 Å². The van der Waals surface area contributed by atoms with Gasteiger partial charge in [-0.2, -0.15) is 5.26 Å². The zero-order valence-corrected chi connectivity index (χ0v) is 11.4. The second-order valence-electron chi connectivity index (χ2n) is 4.03. The maximum Gasteiger partial charge on any atom is 0.265 e. The van der Waals surface area contributed by atoms with Gasteiger partial charge in [-0.1, -0.05) is 24.3 Å². The van der Waals surface area contributed by atoms with E-state index in [2.05, 4.69) is 0 Å².